The predicted octanol–water partition coefficient (Wildman–Crippen LogP) is 0.121. The van der Waals surface area contributed by atoms with E-state index in [1.165, 1.54) is 19.3 Å². The zero-order chi connectivity index (χ0) is 6.32. The average molecular weight is 127 g/mol. The van der Waals surface area contributed by atoms with E-state index in [2.05, 4.69) is 5.32 Å². The second kappa shape index (κ2) is 1.70. The highest BCUT2D eigenvalue weighted by Crippen LogP contribution is 2.46. The number of aliphatic hydroxyl groups excluding tert-OH is 1. The molecule has 2 heteroatoms. The van der Waals surface area contributed by atoms with E-state index in [0.29, 0.717) is 18.1 Å². The summed E-state index contributed by atoms with van der Waals surface area (Å²) in [5, 5.41) is 12.3. The summed E-state index contributed by atoms with van der Waals surface area (Å²) in [6.07, 6.45) is 3.76. The minimum Gasteiger partial charge on any atom is -0.396 e. The van der Waals surface area contributed by atoms with Gasteiger partial charge in [0.25, 0.3) is 0 Å². The third-order valence-electron chi connectivity index (χ3n) is 2.76. The first-order valence-electron chi connectivity index (χ1n) is 3.73. The quantitative estimate of drug-likeness (QED) is 0.524. The maximum absolute atomic E-state index is 8.90. The number of nitrogens with one attached hydrogen (secondary N) is 1. The largest absolute Gasteiger partial charge is 0.396 e. The van der Waals surface area contributed by atoms with Crippen molar-refractivity contribution in [3.63, 3.8) is 0 Å². The highest BCUT2D eigenvalue weighted by Gasteiger charge is 2.51. The SMILES string of the molecule is OCC1CCNC12CC2. The van der Waals surface area contributed by atoms with Crippen molar-refractivity contribution in [3.8, 4) is 0 Å². The zero-order valence-electron chi connectivity index (χ0n) is 5.56. The van der Waals surface area contributed by atoms with Gasteiger partial charge in [0.15, 0.2) is 0 Å². The molecule has 9 heavy (non-hydrogen) atoms. The molecule has 2 N–H and O–H groups in total. The van der Waals surface area contributed by atoms with Crippen LogP contribution in [0.2, 0.25) is 0 Å². The van der Waals surface area contributed by atoms with Gasteiger partial charge < -0.3 is 10.4 Å². The zero-order valence-corrected chi connectivity index (χ0v) is 5.56. The lowest BCUT2D eigenvalue weighted by molar-refractivity contribution is 0.207. The molecule has 1 unspecified atom stereocenters. The fourth-order valence-electron chi connectivity index (χ4n) is 1.90. The maximum Gasteiger partial charge on any atom is 0.0477 e. The minimum atomic E-state index is 0.382. The number of hydrogen-bond donors (Lipinski definition) is 2. The third kappa shape index (κ3) is 0.700. The number of aliphatic hydroxyl groups is 1. The van der Waals surface area contributed by atoms with Gasteiger partial charge in [-0.25, -0.2) is 0 Å². The minimum absolute atomic E-state index is 0.382. The topological polar surface area (TPSA) is 32.3 Å². The molecule has 1 saturated carbocycles. The Hall–Kier alpha value is -0.0800. The van der Waals surface area contributed by atoms with Crippen LogP contribution in [0.15, 0.2) is 0 Å². The monoisotopic (exact) mass is 127 g/mol. The molecular formula is C7H13NO. The Labute approximate surface area is 55.3 Å². The normalized spacial score (nSPS) is 37.7. The van der Waals surface area contributed by atoms with Crippen LogP contribution in [0.3, 0.4) is 0 Å². The molecule has 0 bridgehead atoms. The van der Waals surface area contributed by atoms with E-state index >= 15 is 0 Å². The standard InChI is InChI=1S/C7H13NO/c9-5-6-1-4-8-7(6)2-3-7/h6,8-9H,1-5H2. The molecule has 2 fully saturated rings. The summed E-state index contributed by atoms with van der Waals surface area (Å²) in [5.41, 5.74) is 0.411. The molecule has 2 nitrogen and oxygen atoms in total. The Morgan fingerprint density at radius 3 is 2.78 bits per heavy atom. The number of hydrogen-bond acceptors (Lipinski definition) is 2. The summed E-state index contributed by atoms with van der Waals surface area (Å²) in [7, 11) is 0. The lowest BCUT2D eigenvalue weighted by Crippen LogP contribution is -2.30. The molecule has 1 aliphatic carbocycles. The summed E-state index contributed by atoms with van der Waals surface area (Å²) in [4.78, 5) is 0. The van der Waals surface area contributed by atoms with Gasteiger partial charge in [0.05, 0.1) is 0 Å². The molecule has 2 rings (SSSR count). The van der Waals surface area contributed by atoms with Gasteiger partial charge in [-0.3, -0.25) is 0 Å². The van der Waals surface area contributed by atoms with E-state index in [1.54, 1.807) is 0 Å². The Balaban J connectivity index is 2.05. The van der Waals surface area contributed by atoms with Crippen LogP contribution in [0.25, 0.3) is 0 Å². The van der Waals surface area contributed by atoms with Gasteiger partial charge in [0.1, 0.15) is 0 Å². The van der Waals surface area contributed by atoms with Gasteiger partial charge in [-0.1, -0.05) is 0 Å². The Morgan fingerprint density at radius 1 is 1.56 bits per heavy atom. The second-order valence-corrected chi connectivity index (χ2v) is 3.25. The van der Waals surface area contributed by atoms with E-state index in [-0.39, 0.29) is 0 Å². The van der Waals surface area contributed by atoms with Crippen LogP contribution in [0.5, 0.6) is 0 Å². The van der Waals surface area contributed by atoms with Crippen molar-refractivity contribution < 1.29 is 5.11 Å². The van der Waals surface area contributed by atoms with Crippen molar-refractivity contribution in [1.82, 2.24) is 5.32 Å². The van der Waals surface area contributed by atoms with Gasteiger partial charge in [-0.2, -0.15) is 0 Å². The van der Waals surface area contributed by atoms with E-state index in [9.17, 15) is 0 Å². The molecule has 1 atom stereocenters. The summed E-state index contributed by atoms with van der Waals surface area (Å²) in [5.74, 6) is 0.567. The highest BCUT2D eigenvalue weighted by molar-refractivity contribution is 5.10. The first-order chi connectivity index (χ1) is 4.37. The van der Waals surface area contributed by atoms with Gasteiger partial charge in [-0.15, -0.1) is 0 Å². The molecular weight excluding hydrogens is 114 g/mol. The van der Waals surface area contributed by atoms with Crippen LogP contribution < -0.4 is 5.32 Å². The predicted molar refractivity (Wildman–Crippen MR) is 35.2 cm³/mol. The molecule has 1 aliphatic heterocycles. The number of rotatable bonds is 1. The van der Waals surface area contributed by atoms with Gasteiger partial charge in [0, 0.05) is 18.1 Å². The molecule has 2 aliphatic rings. The fourth-order valence-corrected chi connectivity index (χ4v) is 1.90. The smallest absolute Gasteiger partial charge is 0.0477 e. The Bertz CT molecular complexity index is 120. The summed E-state index contributed by atoms with van der Waals surface area (Å²) < 4.78 is 0. The van der Waals surface area contributed by atoms with Crippen LogP contribution in [-0.4, -0.2) is 23.8 Å². The van der Waals surface area contributed by atoms with E-state index in [4.69, 9.17) is 5.11 Å². The molecule has 0 aromatic carbocycles. The lowest BCUT2D eigenvalue weighted by atomic mass is 10.0. The molecule has 0 radical (unpaired) electrons. The first-order valence-corrected chi connectivity index (χ1v) is 3.73. The average Bonchev–Trinajstić information content (AvgIpc) is 2.45. The summed E-state index contributed by atoms with van der Waals surface area (Å²) in [6.45, 7) is 1.50. The molecule has 52 valence electrons. The van der Waals surface area contributed by atoms with Crippen LogP contribution in [0.4, 0.5) is 0 Å². The molecule has 1 saturated heterocycles. The van der Waals surface area contributed by atoms with Crippen LogP contribution in [0.1, 0.15) is 19.3 Å². The maximum atomic E-state index is 8.90. The highest BCUT2D eigenvalue weighted by atomic mass is 16.3. The summed E-state index contributed by atoms with van der Waals surface area (Å²) >= 11 is 0. The Morgan fingerprint density at radius 2 is 2.33 bits per heavy atom. The van der Waals surface area contributed by atoms with Gasteiger partial charge >= 0.3 is 0 Å². The van der Waals surface area contributed by atoms with Crippen LogP contribution in [0, 0.1) is 5.92 Å². The van der Waals surface area contributed by atoms with Crippen molar-refractivity contribution in [1.29, 1.82) is 0 Å². The summed E-state index contributed by atoms with van der Waals surface area (Å²) in [6, 6.07) is 0. The van der Waals surface area contributed by atoms with Crippen molar-refractivity contribution in [3.05, 3.63) is 0 Å². The third-order valence-corrected chi connectivity index (χ3v) is 2.76. The molecule has 0 amide bonds. The van der Waals surface area contributed by atoms with Crippen molar-refractivity contribution in [2.24, 2.45) is 5.92 Å². The lowest BCUT2D eigenvalue weighted by Gasteiger charge is -2.14. The van der Waals surface area contributed by atoms with Crippen LogP contribution >= 0.6 is 0 Å². The van der Waals surface area contributed by atoms with Crippen LogP contribution in [-0.2, 0) is 0 Å². The second-order valence-electron chi connectivity index (χ2n) is 3.25. The van der Waals surface area contributed by atoms with Crippen molar-refractivity contribution in [2.45, 2.75) is 24.8 Å². The molecule has 1 heterocycles. The molecule has 0 aromatic rings. The van der Waals surface area contributed by atoms with E-state index < -0.39 is 0 Å². The van der Waals surface area contributed by atoms with Crippen molar-refractivity contribution >= 4 is 0 Å². The molecule has 0 aromatic heterocycles. The van der Waals surface area contributed by atoms with Crippen molar-refractivity contribution in [2.75, 3.05) is 13.2 Å². The van der Waals surface area contributed by atoms with E-state index in [1.807, 2.05) is 0 Å². The Kier molecular flexibility index (Phi) is 1.08. The molecule has 1 spiro atoms. The van der Waals surface area contributed by atoms with Gasteiger partial charge in [-0.05, 0) is 25.8 Å². The van der Waals surface area contributed by atoms with E-state index in [0.717, 1.165) is 6.54 Å². The fraction of sp³-hybridized carbons (Fsp3) is 1.00. The van der Waals surface area contributed by atoms with Gasteiger partial charge in [0.2, 0.25) is 0 Å². The first kappa shape index (κ1) is 5.69.